The quantitative estimate of drug-likeness (QED) is 0.741. The molecule has 0 heterocycles. The summed E-state index contributed by atoms with van der Waals surface area (Å²) in [6.07, 6.45) is 0. The lowest BCUT2D eigenvalue weighted by Gasteiger charge is -2.03. The molecule has 0 aliphatic carbocycles. The van der Waals surface area contributed by atoms with Crippen LogP contribution in [-0.2, 0) is 4.74 Å². The van der Waals surface area contributed by atoms with E-state index in [2.05, 4.69) is 4.74 Å². The van der Waals surface area contributed by atoms with Gasteiger partial charge in [-0.3, -0.25) is 0 Å². The van der Waals surface area contributed by atoms with Crippen molar-refractivity contribution in [1.82, 2.24) is 0 Å². The smallest absolute Gasteiger partial charge is 0.341 e. The zero-order valence-electron chi connectivity index (χ0n) is 6.67. The second-order valence-corrected chi connectivity index (χ2v) is 3.09. The summed E-state index contributed by atoms with van der Waals surface area (Å²) < 4.78 is 4.41. The van der Waals surface area contributed by atoms with E-state index in [1.165, 1.54) is 19.2 Å². The van der Waals surface area contributed by atoms with Crippen LogP contribution >= 0.6 is 23.2 Å². The van der Waals surface area contributed by atoms with Gasteiger partial charge in [0.05, 0.1) is 17.2 Å². The fourth-order valence-electron chi connectivity index (χ4n) is 0.810. The molecule has 70 valence electrons. The predicted octanol–water partition coefficient (Wildman–Crippen LogP) is 2.49. The molecule has 0 atom stereocenters. The molecule has 0 bridgehead atoms. The molecule has 13 heavy (non-hydrogen) atoms. The third-order valence-corrected chi connectivity index (χ3v) is 2.17. The Bertz CT molecular complexity index is 349. The zero-order valence-corrected chi connectivity index (χ0v) is 8.19. The summed E-state index contributed by atoms with van der Waals surface area (Å²) in [7, 11) is 1.21. The summed E-state index contributed by atoms with van der Waals surface area (Å²) in [5.41, 5.74) is -0.00287. The summed E-state index contributed by atoms with van der Waals surface area (Å²) >= 11 is 11.2. The van der Waals surface area contributed by atoms with Crippen molar-refractivity contribution in [3.05, 3.63) is 27.7 Å². The van der Waals surface area contributed by atoms with Gasteiger partial charge in [0.25, 0.3) is 0 Å². The number of halogens is 2. The molecule has 1 N–H and O–H groups in total. The van der Waals surface area contributed by atoms with Gasteiger partial charge in [-0.2, -0.15) is 0 Å². The molecule has 0 radical (unpaired) electrons. The summed E-state index contributed by atoms with van der Waals surface area (Å²) in [5, 5.41) is 9.65. The van der Waals surface area contributed by atoms with Crippen molar-refractivity contribution in [1.29, 1.82) is 0 Å². The number of benzene rings is 1. The molecule has 5 heteroatoms. The van der Waals surface area contributed by atoms with Gasteiger partial charge in [-0.05, 0) is 6.07 Å². The summed E-state index contributed by atoms with van der Waals surface area (Å²) in [5.74, 6) is -0.905. The van der Waals surface area contributed by atoms with E-state index in [0.717, 1.165) is 0 Å². The number of hydrogen-bond donors (Lipinski definition) is 1. The van der Waals surface area contributed by atoms with Crippen LogP contribution < -0.4 is 0 Å². The topological polar surface area (TPSA) is 46.5 Å². The van der Waals surface area contributed by atoms with Gasteiger partial charge in [-0.1, -0.05) is 23.2 Å². The van der Waals surface area contributed by atoms with Crippen molar-refractivity contribution in [2.24, 2.45) is 0 Å². The highest BCUT2D eigenvalue weighted by atomic mass is 35.5. The third-order valence-electron chi connectivity index (χ3n) is 1.44. The van der Waals surface area contributed by atoms with Gasteiger partial charge in [0.1, 0.15) is 11.3 Å². The molecule has 0 aliphatic rings. The lowest BCUT2D eigenvalue weighted by atomic mass is 10.2. The van der Waals surface area contributed by atoms with Crippen molar-refractivity contribution in [2.75, 3.05) is 7.11 Å². The standard InChI is InChI=1S/C8H6Cl2O3/c1-13-8(12)4-2-5(9)6(10)3-7(4)11/h2-3,11H,1H3. The molecule has 0 fully saturated rings. The minimum absolute atomic E-state index is 0.00287. The maximum absolute atomic E-state index is 11.0. The maximum Gasteiger partial charge on any atom is 0.341 e. The van der Waals surface area contributed by atoms with Crippen molar-refractivity contribution >= 4 is 29.2 Å². The van der Waals surface area contributed by atoms with E-state index in [1.807, 2.05) is 0 Å². The van der Waals surface area contributed by atoms with Crippen LogP contribution in [0.3, 0.4) is 0 Å². The first kappa shape index (κ1) is 10.2. The van der Waals surface area contributed by atoms with E-state index in [1.54, 1.807) is 0 Å². The minimum atomic E-state index is -0.656. The minimum Gasteiger partial charge on any atom is -0.507 e. The van der Waals surface area contributed by atoms with E-state index in [0.29, 0.717) is 0 Å². The number of methoxy groups -OCH3 is 1. The number of carbonyl (C=O) groups is 1. The van der Waals surface area contributed by atoms with E-state index in [4.69, 9.17) is 23.2 Å². The highest BCUT2D eigenvalue weighted by Crippen LogP contribution is 2.29. The Morgan fingerprint density at radius 3 is 2.46 bits per heavy atom. The maximum atomic E-state index is 11.0. The van der Waals surface area contributed by atoms with Crippen LogP contribution in [0.5, 0.6) is 5.75 Å². The van der Waals surface area contributed by atoms with E-state index in [9.17, 15) is 9.90 Å². The number of rotatable bonds is 1. The number of phenolic OH excluding ortho intramolecular Hbond substituents is 1. The van der Waals surface area contributed by atoms with E-state index < -0.39 is 5.97 Å². The van der Waals surface area contributed by atoms with Crippen molar-refractivity contribution in [3.8, 4) is 5.75 Å². The Balaban J connectivity index is 3.23. The highest BCUT2D eigenvalue weighted by molar-refractivity contribution is 6.42. The Morgan fingerprint density at radius 1 is 1.38 bits per heavy atom. The lowest BCUT2D eigenvalue weighted by molar-refractivity contribution is 0.0597. The molecule has 0 amide bonds. The lowest BCUT2D eigenvalue weighted by Crippen LogP contribution is -2.01. The number of phenols is 1. The third kappa shape index (κ3) is 2.05. The highest BCUT2D eigenvalue weighted by Gasteiger charge is 2.13. The zero-order chi connectivity index (χ0) is 10.0. The van der Waals surface area contributed by atoms with Crippen molar-refractivity contribution in [2.45, 2.75) is 0 Å². The average Bonchev–Trinajstić information content (AvgIpc) is 2.10. The first-order valence-corrected chi connectivity index (χ1v) is 4.08. The fourth-order valence-corrected chi connectivity index (χ4v) is 1.13. The first-order valence-electron chi connectivity index (χ1n) is 3.32. The van der Waals surface area contributed by atoms with Crippen LogP contribution in [0.25, 0.3) is 0 Å². The summed E-state index contributed by atoms with van der Waals surface area (Å²) in [6.45, 7) is 0. The first-order chi connectivity index (χ1) is 6.06. The van der Waals surface area contributed by atoms with E-state index in [-0.39, 0.29) is 21.4 Å². The van der Waals surface area contributed by atoms with Crippen LogP contribution in [0.15, 0.2) is 12.1 Å². The van der Waals surface area contributed by atoms with Gasteiger partial charge in [0.15, 0.2) is 0 Å². The molecule has 0 aromatic heterocycles. The molecule has 0 spiro atoms. The second-order valence-electron chi connectivity index (χ2n) is 2.28. The Labute approximate surface area is 84.8 Å². The molecule has 1 rings (SSSR count). The van der Waals surface area contributed by atoms with Crippen molar-refractivity contribution < 1.29 is 14.6 Å². The van der Waals surface area contributed by atoms with E-state index >= 15 is 0 Å². The normalized spacial score (nSPS) is 9.77. The number of hydrogen-bond acceptors (Lipinski definition) is 3. The molecular weight excluding hydrogens is 215 g/mol. The van der Waals surface area contributed by atoms with Crippen LogP contribution in [0, 0.1) is 0 Å². The van der Waals surface area contributed by atoms with Crippen molar-refractivity contribution in [3.63, 3.8) is 0 Å². The predicted molar refractivity (Wildman–Crippen MR) is 49.5 cm³/mol. The van der Waals surface area contributed by atoms with Crippen LogP contribution in [0.4, 0.5) is 0 Å². The Hall–Kier alpha value is -0.930. The number of carbonyl (C=O) groups excluding carboxylic acids is 1. The molecule has 1 aromatic carbocycles. The number of ether oxygens (including phenoxy) is 1. The Kier molecular flexibility index (Phi) is 3.01. The summed E-state index contributed by atoms with van der Waals surface area (Å²) in [6, 6.07) is 2.45. The Morgan fingerprint density at radius 2 is 1.92 bits per heavy atom. The van der Waals surface area contributed by atoms with Crippen LogP contribution in [-0.4, -0.2) is 18.2 Å². The number of esters is 1. The largest absolute Gasteiger partial charge is 0.507 e. The second kappa shape index (κ2) is 3.85. The van der Waals surface area contributed by atoms with Gasteiger partial charge < -0.3 is 9.84 Å². The van der Waals surface area contributed by atoms with Crippen LogP contribution in [0.1, 0.15) is 10.4 Å². The molecule has 0 unspecified atom stereocenters. The monoisotopic (exact) mass is 220 g/mol. The molecule has 0 saturated heterocycles. The molecule has 0 saturated carbocycles. The SMILES string of the molecule is COC(=O)c1cc(Cl)c(Cl)cc1O. The van der Waals surface area contributed by atoms with Gasteiger partial charge in [-0.15, -0.1) is 0 Å². The molecule has 3 nitrogen and oxygen atoms in total. The molecule has 0 aliphatic heterocycles. The van der Waals surface area contributed by atoms with Gasteiger partial charge in [-0.25, -0.2) is 4.79 Å². The molecular formula is C8H6Cl2O3. The van der Waals surface area contributed by atoms with Gasteiger partial charge in [0, 0.05) is 6.07 Å². The van der Waals surface area contributed by atoms with Crippen LogP contribution in [0.2, 0.25) is 10.0 Å². The average molecular weight is 221 g/mol. The van der Waals surface area contributed by atoms with Gasteiger partial charge >= 0.3 is 5.97 Å². The summed E-state index contributed by atoms with van der Waals surface area (Å²) in [4.78, 5) is 11.0. The molecule has 1 aromatic rings. The fraction of sp³-hybridized carbons (Fsp3) is 0.125. The number of aromatic hydroxyl groups is 1. The van der Waals surface area contributed by atoms with Gasteiger partial charge in [0.2, 0.25) is 0 Å².